The highest BCUT2D eigenvalue weighted by Crippen LogP contribution is 2.25. The van der Waals surface area contributed by atoms with Crippen LogP contribution in [-0.2, 0) is 21.3 Å². The predicted molar refractivity (Wildman–Crippen MR) is 77.9 cm³/mol. The van der Waals surface area contributed by atoms with Crippen LogP contribution in [0.25, 0.3) is 0 Å². The topological polar surface area (TPSA) is 46.9 Å². The lowest BCUT2D eigenvalue weighted by atomic mass is 10.1. The lowest BCUT2D eigenvalue weighted by Gasteiger charge is -2.39. The van der Waals surface area contributed by atoms with E-state index in [0.717, 1.165) is 12.2 Å². The average molecular weight is 293 g/mol. The summed E-state index contributed by atoms with van der Waals surface area (Å²) in [6.07, 6.45) is 1.64. The summed E-state index contributed by atoms with van der Waals surface area (Å²) in [6, 6.07) is 4.02. The molecule has 1 amide bonds. The molecule has 1 aromatic rings. The number of aryl methyl sites for hydroxylation is 1. The van der Waals surface area contributed by atoms with Crippen LogP contribution in [-0.4, -0.2) is 72.9 Å². The third kappa shape index (κ3) is 2.97. The second kappa shape index (κ2) is 6.17. The molecule has 6 heteroatoms. The molecule has 2 fully saturated rings. The van der Waals surface area contributed by atoms with Gasteiger partial charge in [0.1, 0.15) is 6.10 Å². The van der Waals surface area contributed by atoms with Crippen LogP contribution in [0.2, 0.25) is 0 Å². The number of hydrogen-bond acceptors (Lipinski definition) is 4. The molecule has 0 radical (unpaired) electrons. The van der Waals surface area contributed by atoms with Gasteiger partial charge in [0.15, 0.2) is 0 Å². The van der Waals surface area contributed by atoms with Gasteiger partial charge in [-0.3, -0.25) is 4.79 Å². The maximum Gasteiger partial charge on any atom is 0.253 e. The van der Waals surface area contributed by atoms with Crippen LogP contribution in [0.1, 0.15) is 11.7 Å². The zero-order chi connectivity index (χ0) is 14.8. The van der Waals surface area contributed by atoms with Gasteiger partial charge in [0, 0.05) is 38.6 Å². The zero-order valence-corrected chi connectivity index (χ0v) is 12.7. The number of likely N-dealkylation sites (N-methyl/N-ethyl adjacent to an activating group) is 1. The Kier molecular flexibility index (Phi) is 4.28. The van der Waals surface area contributed by atoms with Crippen LogP contribution in [0.5, 0.6) is 0 Å². The number of ether oxygens (including phenoxy) is 2. The third-order valence-electron chi connectivity index (χ3n) is 4.28. The predicted octanol–water partition coefficient (Wildman–Crippen LogP) is 0.256. The summed E-state index contributed by atoms with van der Waals surface area (Å²) in [5, 5.41) is 0. The Balaban J connectivity index is 1.77. The number of amides is 1. The van der Waals surface area contributed by atoms with E-state index in [0.29, 0.717) is 32.9 Å². The second-order valence-corrected chi connectivity index (χ2v) is 5.79. The summed E-state index contributed by atoms with van der Waals surface area (Å²) in [7, 11) is 4.02. The van der Waals surface area contributed by atoms with Gasteiger partial charge in [0.05, 0.1) is 25.9 Å². The minimum absolute atomic E-state index is 0.0258. The molecule has 0 unspecified atom stereocenters. The fourth-order valence-corrected chi connectivity index (χ4v) is 3.05. The first-order valence-corrected chi connectivity index (χ1v) is 7.46. The average Bonchev–Trinajstić information content (AvgIpc) is 2.92. The van der Waals surface area contributed by atoms with Crippen molar-refractivity contribution in [1.82, 2.24) is 14.4 Å². The van der Waals surface area contributed by atoms with Crippen molar-refractivity contribution in [2.24, 2.45) is 7.05 Å². The molecule has 0 saturated carbocycles. The van der Waals surface area contributed by atoms with Gasteiger partial charge in [-0.25, -0.2) is 0 Å². The van der Waals surface area contributed by atoms with Crippen LogP contribution in [0.3, 0.4) is 0 Å². The summed E-state index contributed by atoms with van der Waals surface area (Å²) in [6.45, 7) is 3.93. The van der Waals surface area contributed by atoms with Crippen molar-refractivity contribution >= 4 is 5.91 Å². The lowest BCUT2D eigenvalue weighted by molar-refractivity contribution is -0.157. The maximum absolute atomic E-state index is 12.8. The summed E-state index contributed by atoms with van der Waals surface area (Å²) < 4.78 is 13.3. The Bertz CT molecular complexity index is 502. The van der Waals surface area contributed by atoms with Crippen molar-refractivity contribution in [3.8, 4) is 0 Å². The van der Waals surface area contributed by atoms with Gasteiger partial charge in [0.2, 0.25) is 0 Å². The Morgan fingerprint density at radius 1 is 1.29 bits per heavy atom. The highest BCUT2D eigenvalue weighted by atomic mass is 16.5. The third-order valence-corrected chi connectivity index (χ3v) is 4.28. The van der Waals surface area contributed by atoms with Crippen LogP contribution in [0.4, 0.5) is 0 Å². The molecule has 0 N–H and O–H groups in total. The minimum atomic E-state index is -0.357. The molecule has 0 aromatic carbocycles. The Labute approximate surface area is 125 Å². The standard InChI is InChI=1S/C15H23N3O3/c1-16-6-9-21-14(10-16)15(19)18-7-8-20-11-13(18)12-4-3-5-17(12)2/h3-5,13-14H,6-11H2,1-2H3/t13-,14-/m1/s1. The van der Waals surface area contributed by atoms with Crippen molar-refractivity contribution < 1.29 is 14.3 Å². The van der Waals surface area contributed by atoms with Crippen LogP contribution < -0.4 is 0 Å². The maximum atomic E-state index is 12.8. The zero-order valence-electron chi connectivity index (χ0n) is 12.7. The van der Waals surface area contributed by atoms with Gasteiger partial charge < -0.3 is 23.8 Å². The molecule has 2 aliphatic heterocycles. The first kappa shape index (κ1) is 14.6. The molecule has 0 spiro atoms. The van der Waals surface area contributed by atoms with Gasteiger partial charge in [-0.1, -0.05) is 0 Å². The van der Waals surface area contributed by atoms with E-state index in [1.54, 1.807) is 0 Å². The highest BCUT2D eigenvalue weighted by Gasteiger charge is 2.35. The molecule has 3 heterocycles. The number of carbonyl (C=O) groups is 1. The molecular formula is C15H23N3O3. The van der Waals surface area contributed by atoms with Gasteiger partial charge in [-0.15, -0.1) is 0 Å². The summed E-state index contributed by atoms with van der Waals surface area (Å²) in [4.78, 5) is 16.9. The number of rotatable bonds is 2. The van der Waals surface area contributed by atoms with E-state index in [9.17, 15) is 4.79 Å². The summed E-state index contributed by atoms with van der Waals surface area (Å²) >= 11 is 0. The van der Waals surface area contributed by atoms with Gasteiger partial charge in [-0.05, 0) is 19.2 Å². The van der Waals surface area contributed by atoms with Crippen molar-refractivity contribution in [1.29, 1.82) is 0 Å². The fraction of sp³-hybridized carbons (Fsp3) is 0.667. The summed E-state index contributed by atoms with van der Waals surface area (Å²) in [5.41, 5.74) is 1.10. The van der Waals surface area contributed by atoms with Crippen LogP contribution >= 0.6 is 0 Å². The largest absolute Gasteiger partial charge is 0.377 e. The molecule has 3 rings (SSSR count). The molecular weight excluding hydrogens is 270 g/mol. The Morgan fingerprint density at radius 2 is 2.14 bits per heavy atom. The first-order valence-electron chi connectivity index (χ1n) is 7.46. The molecule has 2 atom stereocenters. The van der Waals surface area contributed by atoms with E-state index in [4.69, 9.17) is 9.47 Å². The molecule has 2 aliphatic rings. The quantitative estimate of drug-likeness (QED) is 0.784. The Hall–Kier alpha value is -1.37. The lowest BCUT2D eigenvalue weighted by Crippen LogP contribution is -2.53. The highest BCUT2D eigenvalue weighted by molar-refractivity contribution is 5.82. The van der Waals surface area contributed by atoms with Crippen LogP contribution in [0, 0.1) is 0 Å². The first-order chi connectivity index (χ1) is 10.2. The fourth-order valence-electron chi connectivity index (χ4n) is 3.05. The molecule has 21 heavy (non-hydrogen) atoms. The van der Waals surface area contributed by atoms with Crippen LogP contribution in [0.15, 0.2) is 18.3 Å². The van der Waals surface area contributed by atoms with Gasteiger partial charge in [-0.2, -0.15) is 0 Å². The van der Waals surface area contributed by atoms with E-state index >= 15 is 0 Å². The molecule has 6 nitrogen and oxygen atoms in total. The van der Waals surface area contributed by atoms with Crippen molar-refractivity contribution in [3.05, 3.63) is 24.0 Å². The smallest absolute Gasteiger partial charge is 0.253 e. The van der Waals surface area contributed by atoms with Gasteiger partial charge >= 0.3 is 0 Å². The van der Waals surface area contributed by atoms with E-state index in [1.807, 2.05) is 41.9 Å². The molecule has 0 bridgehead atoms. The number of hydrogen-bond donors (Lipinski definition) is 0. The van der Waals surface area contributed by atoms with Gasteiger partial charge in [0.25, 0.3) is 5.91 Å². The van der Waals surface area contributed by atoms with Crippen molar-refractivity contribution in [3.63, 3.8) is 0 Å². The van der Waals surface area contributed by atoms with E-state index < -0.39 is 0 Å². The van der Waals surface area contributed by atoms with E-state index in [-0.39, 0.29) is 18.1 Å². The number of morpholine rings is 2. The number of nitrogens with zero attached hydrogens (tertiary/aromatic N) is 3. The van der Waals surface area contributed by atoms with E-state index in [1.165, 1.54) is 0 Å². The molecule has 116 valence electrons. The summed E-state index contributed by atoms with van der Waals surface area (Å²) in [5.74, 6) is 0.0797. The van der Waals surface area contributed by atoms with Crippen molar-refractivity contribution in [2.45, 2.75) is 12.1 Å². The van der Waals surface area contributed by atoms with E-state index in [2.05, 4.69) is 4.90 Å². The van der Waals surface area contributed by atoms with Crippen molar-refractivity contribution in [2.75, 3.05) is 46.5 Å². The second-order valence-electron chi connectivity index (χ2n) is 5.79. The number of carbonyl (C=O) groups excluding carboxylic acids is 1. The normalized spacial score (nSPS) is 27.8. The minimum Gasteiger partial charge on any atom is -0.377 e. The molecule has 2 saturated heterocycles. The number of aromatic nitrogens is 1. The SMILES string of the molecule is CN1CCO[C@@H](C(=O)N2CCOC[C@@H]2c2cccn2C)C1. The molecule has 1 aromatic heterocycles. The Morgan fingerprint density at radius 3 is 2.86 bits per heavy atom. The monoisotopic (exact) mass is 293 g/mol. The molecule has 0 aliphatic carbocycles.